The van der Waals surface area contributed by atoms with Crippen molar-refractivity contribution in [2.75, 3.05) is 5.32 Å². The van der Waals surface area contributed by atoms with Crippen LogP contribution in [0.2, 0.25) is 0 Å². The Morgan fingerprint density at radius 3 is 2.61 bits per heavy atom. The fourth-order valence-corrected chi connectivity index (χ4v) is 3.85. The monoisotopic (exact) mass is 448 g/mol. The van der Waals surface area contributed by atoms with Gasteiger partial charge in [-0.25, -0.2) is 9.67 Å². The molecule has 10 heteroatoms. The maximum atomic E-state index is 13.2. The van der Waals surface area contributed by atoms with Gasteiger partial charge in [0.2, 0.25) is 5.91 Å². The number of nitrogens with zero attached hydrogens (tertiary/aromatic N) is 3. The number of hydrogen-bond acceptors (Lipinski definition) is 5. The van der Waals surface area contributed by atoms with Gasteiger partial charge in [0, 0.05) is 16.9 Å². The molecule has 1 aliphatic carbocycles. The van der Waals surface area contributed by atoms with Crippen molar-refractivity contribution in [1.82, 2.24) is 14.8 Å². The second-order valence-corrected chi connectivity index (χ2v) is 8.46. The molecule has 2 heterocycles. The Bertz CT molecular complexity index is 1210. The van der Waals surface area contributed by atoms with E-state index in [1.165, 1.54) is 11.3 Å². The van der Waals surface area contributed by atoms with E-state index in [-0.39, 0.29) is 11.6 Å². The van der Waals surface area contributed by atoms with Gasteiger partial charge in [-0.1, -0.05) is 12.1 Å². The predicted molar refractivity (Wildman–Crippen MR) is 111 cm³/mol. The van der Waals surface area contributed by atoms with Crippen molar-refractivity contribution in [3.8, 4) is 11.3 Å². The lowest BCUT2D eigenvalue weighted by atomic mass is 10.1. The zero-order valence-corrected chi connectivity index (χ0v) is 17.6. The fraction of sp³-hybridized carbons (Fsp3) is 0.333. The molecule has 2 aromatic heterocycles. The van der Waals surface area contributed by atoms with E-state index < -0.39 is 29.8 Å². The summed E-state index contributed by atoms with van der Waals surface area (Å²) in [5.41, 5.74) is 1.38. The van der Waals surface area contributed by atoms with Crippen LogP contribution in [0.3, 0.4) is 0 Å². The van der Waals surface area contributed by atoms with E-state index in [2.05, 4.69) is 15.4 Å². The van der Waals surface area contributed by atoms with Gasteiger partial charge in [-0.05, 0) is 49.9 Å². The first-order valence-corrected chi connectivity index (χ1v) is 10.5. The Labute approximate surface area is 179 Å². The summed E-state index contributed by atoms with van der Waals surface area (Å²) in [7, 11) is 0. The number of aromatic nitrogens is 3. The Hall–Kier alpha value is -3.01. The number of halogens is 3. The zero-order chi connectivity index (χ0) is 22.3. The normalized spacial score (nSPS) is 14.0. The number of thiazole rings is 1. The summed E-state index contributed by atoms with van der Waals surface area (Å²) in [6.45, 7) is 3.37. The maximum absolute atomic E-state index is 13.2. The highest BCUT2D eigenvalue weighted by molar-refractivity contribution is 7.14. The Balaban J connectivity index is 1.53. The number of anilines is 1. The number of alkyl halides is 3. The smallest absolute Gasteiger partial charge is 0.300 e. The number of aryl methyl sites for hydroxylation is 2. The summed E-state index contributed by atoms with van der Waals surface area (Å²) < 4.78 is 40.3. The van der Waals surface area contributed by atoms with Crippen LogP contribution >= 0.6 is 11.3 Å². The van der Waals surface area contributed by atoms with Crippen LogP contribution in [0.5, 0.6) is 0 Å². The van der Waals surface area contributed by atoms with E-state index in [0.29, 0.717) is 15.5 Å². The second kappa shape index (κ2) is 7.92. The molecule has 0 unspecified atom stereocenters. The number of nitrogens with one attached hydrogen (secondary N) is 1. The largest absolute Gasteiger partial charge is 0.421 e. The van der Waals surface area contributed by atoms with Gasteiger partial charge in [-0.2, -0.15) is 18.3 Å². The minimum absolute atomic E-state index is 0.101. The van der Waals surface area contributed by atoms with Gasteiger partial charge in [0.05, 0.1) is 11.4 Å². The summed E-state index contributed by atoms with van der Waals surface area (Å²) in [5, 5.41) is 8.60. The molecule has 1 N–H and O–H groups in total. The minimum atomic E-state index is -4.81. The Morgan fingerprint density at radius 1 is 1.23 bits per heavy atom. The molecule has 4 rings (SSSR count). The molecule has 1 aliphatic rings. The SMILES string of the molecule is Cc1ccc(-c2csc(NC(=O)Cn3nc(C4CC4)cc(C(F)(F)F)c3=O)n2)cc1C. The van der Waals surface area contributed by atoms with Crippen molar-refractivity contribution in [1.29, 1.82) is 0 Å². The summed E-state index contributed by atoms with van der Waals surface area (Å²) in [6.07, 6.45) is -3.37. The van der Waals surface area contributed by atoms with E-state index in [0.717, 1.165) is 35.6 Å². The summed E-state index contributed by atoms with van der Waals surface area (Å²) >= 11 is 1.19. The third-order valence-corrected chi connectivity index (χ3v) is 5.90. The van der Waals surface area contributed by atoms with Crippen LogP contribution in [-0.2, 0) is 17.5 Å². The van der Waals surface area contributed by atoms with Crippen molar-refractivity contribution >= 4 is 22.4 Å². The third kappa shape index (κ3) is 4.68. The maximum Gasteiger partial charge on any atom is 0.421 e. The highest BCUT2D eigenvalue weighted by Crippen LogP contribution is 2.40. The van der Waals surface area contributed by atoms with Crippen LogP contribution in [0.1, 0.15) is 41.1 Å². The van der Waals surface area contributed by atoms with Crippen LogP contribution in [0, 0.1) is 13.8 Å². The quantitative estimate of drug-likeness (QED) is 0.623. The van der Waals surface area contributed by atoms with Crippen molar-refractivity contribution in [2.24, 2.45) is 0 Å². The summed E-state index contributed by atoms with van der Waals surface area (Å²) in [6, 6.07) is 6.69. The average molecular weight is 448 g/mol. The first-order chi connectivity index (χ1) is 14.6. The van der Waals surface area contributed by atoms with Gasteiger partial charge in [0.1, 0.15) is 12.1 Å². The predicted octanol–water partition coefficient (Wildman–Crippen LogP) is 4.52. The van der Waals surface area contributed by atoms with E-state index in [9.17, 15) is 22.8 Å². The molecule has 0 bridgehead atoms. The molecule has 0 radical (unpaired) electrons. The van der Waals surface area contributed by atoms with Crippen LogP contribution in [0.4, 0.5) is 18.3 Å². The number of carbonyl (C=O) groups is 1. The van der Waals surface area contributed by atoms with Crippen LogP contribution in [-0.4, -0.2) is 20.7 Å². The molecule has 162 valence electrons. The standard InChI is InChI=1S/C21H19F3N4O2S/c1-11-3-4-14(7-12(11)2)17-10-31-20(25-17)26-18(29)9-28-19(30)15(21(22,23)24)8-16(27-28)13-5-6-13/h3-4,7-8,10,13H,5-6,9H2,1-2H3,(H,25,26,29). The fourth-order valence-electron chi connectivity index (χ4n) is 3.11. The lowest BCUT2D eigenvalue weighted by Gasteiger charge is -2.12. The molecule has 1 saturated carbocycles. The van der Waals surface area contributed by atoms with Crippen molar-refractivity contribution < 1.29 is 18.0 Å². The topological polar surface area (TPSA) is 76.9 Å². The molecule has 1 aromatic carbocycles. The van der Waals surface area contributed by atoms with Gasteiger partial charge < -0.3 is 5.32 Å². The Kier molecular flexibility index (Phi) is 5.42. The number of amides is 1. The van der Waals surface area contributed by atoms with Crippen LogP contribution < -0.4 is 10.9 Å². The Morgan fingerprint density at radius 2 is 1.97 bits per heavy atom. The molecule has 6 nitrogen and oxygen atoms in total. The van der Waals surface area contributed by atoms with Crippen LogP contribution in [0.15, 0.2) is 34.4 Å². The third-order valence-electron chi connectivity index (χ3n) is 5.14. The van der Waals surface area contributed by atoms with E-state index in [4.69, 9.17) is 0 Å². The lowest BCUT2D eigenvalue weighted by Crippen LogP contribution is -2.35. The van der Waals surface area contributed by atoms with Crippen molar-refractivity contribution in [2.45, 2.75) is 45.3 Å². The highest BCUT2D eigenvalue weighted by atomic mass is 32.1. The lowest BCUT2D eigenvalue weighted by molar-refractivity contribution is -0.139. The number of rotatable bonds is 5. The molecular formula is C21H19F3N4O2S. The van der Waals surface area contributed by atoms with E-state index in [1.807, 2.05) is 32.0 Å². The molecule has 0 aliphatic heterocycles. The summed E-state index contributed by atoms with van der Waals surface area (Å²) in [5.74, 6) is -0.771. The number of benzene rings is 1. The second-order valence-electron chi connectivity index (χ2n) is 7.60. The van der Waals surface area contributed by atoms with E-state index in [1.54, 1.807) is 5.38 Å². The van der Waals surface area contributed by atoms with Gasteiger partial charge in [-0.3, -0.25) is 9.59 Å². The van der Waals surface area contributed by atoms with E-state index >= 15 is 0 Å². The molecule has 0 atom stereocenters. The zero-order valence-electron chi connectivity index (χ0n) is 16.8. The molecule has 31 heavy (non-hydrogen) atoms. The first-order valence-electron chi connectivity index (χ1n) is 9.64. The average Bonchev–Trinajstić information content (AvgIpc) is 3.44. The molecule has 1 amide bonds. The van der Waals surface area contributed by atoms with Gasteiger partial charge in [0.15, 0.2) is 5.13 Å². The molecule has 0 saturated heterocycles. The number of carbonyl (C=O) groups excluding carboxylic acids is 1. The molecule has 3 aromatic rings. The highest BCUT2D eigenvalue weighted by Gasteiger charge is 2.37. The van der Waals surface area contributed by atoms with Gasteiger partial charge in [0.25, 0.3) is 5.56 Å². The van der Waals surface area contributed by atoms with Gasteiger partial charge in [-0.15, -0.1) is 11.3 Å². The first kappa shape index (κ1) is 21.2. The molecule has 0 spiro atoms. The molecular weight excluding hydrogens is 429 g/mol. The van der Waals surface area contributed by atoms with Crippen molar-refractivity contribution in [3.63, 3.8) is 0 Å². The van der Waals surface area contributed by atoms with Gasteiger partial charge >= 0.3 is 6.18 Å². The molecule has 1 fully saturated rings. The van der Waals surface area contributed by atoms with Crippen molar-refractivity contribution in [3.05, 3.63) is 62.4 Å². The number of hydrogen-bond donors (Lipinski definition) is 1. The van der Waals surface area contributed by atoms with Crippen LogP contribution in [0.25, 0.3) is 11.3 Å². The minimum Gasteiger partial charge on any atom is -0.300 e. The summed E-state index contributed by atoms with van der Waals surface area (Å²) in [4.78, 5) is 29.0.